The molecule has 0 bridgehead atoms. The van der Waals surface area contributed by atoms with E-state index in [2.05, 4.69) is 0 Å². The molecule has 0 atom stereocenters. The fraction of sp³-hybridized carbons (Fsp3) is 0.500. The second kappa shape index (κ2) is 35.2. The van der Waals surface area contributed by atoms with Crippen LogP contribution in [-0.4, -0.2) is 11.6 Å². The monoisotopic (exact) mass is 272 g/mol. The SMILES string of the molecule is C[CH-]C.O=[C-]O.[W+2]. The van der Waals surface area contributed by atoms with E-state index in [1.54, 1.807) is 0 Å². The minimum atomic E-state index is 0. The van der Waals surface area contributed by atoms with E-state index in [-0.39, 0.29) is 21.1 Å². The summed E-state index contributed by atoms with van der Waals surface area (Å²) >= 11 is 0. The smallest absolute Gasteiger partial charge is 0.665 e. The van der Waals surface area contributed by atoms with Crippen molar-refractivity contribution in [2.75, 3.05) is 0 Å². The summed E-state index contributed by atoms with van der Waals surface area (Å²) in [6.45, 7) is 4.50. The molecule has 0 rings (SSSR count). The van der Waals surface area contributed by atoms with E-state index in [1.807, 2.05) is 20.3 Å². The van der Waals surface area contributed by atoms with Crippen molar-refractivity contribution in [3.05, 3.63) is 6.42 Å². The molecule has 0 aromatic carbocycles. The normalized spacial score (nSPS) is 4.29. The Labute approximate surface area is 58.2 Å². The fourth-order valence-electron chi connectivity index (χ4n) is 0. The molecular weight excluding hydrogens is 264 g/mol. The van der Waals surface area contributed by atoms with Crippen LogP contribution in [0.2, 0.25) is 0 Å². The van der Waals surface area contributed by atoms with Crippen LogP contribution in [0.4, 0.5) is 0 Å². The average Bonchev–Trinajstić information content (AvgIpc) is 1.39. The van der Waals surface area contributed by atoms with Crippen LogP contribution in [0.25, 0.3) is 0 Å². The molecule has 0 saturated carbocycles. The van der Waals surface area contributed by atoms with Gasteiger partial charge in [0, 0.05) is 0 Å². The van der Waals surface area contributed by atoms with Gasteiger partial charge in [0.15, 0.2) is 0 Å². The zero-order valence-electron chi connectivity index (χ0n) is 4.34. The molecule has 0 aromatic rings. The number of rotatable bonds is 0. The molecule has 0 heterocycles. The van der Waals surface area contributed by atoms with Gasteiger partial charge in [0.1, 0.15) is 0 Å². The van der Waals surface area contributed by atoms with Gasteiger partial charge in [0.2, 0.25) is 0 Å². The van der Waals surface area contributed by atoms with Crippen molar-refractivity contribution in [2.24, 2.45) is 0 Å². The zero-order valence-corrected chi connectivity index (χ0v) is 7.27. The van der Waals surface area contributed by atoms with Crippen LogP contribution in [-0.2, 0) is 25.9 Å². The number of hydrogen-bond acceptors (Lipinski definition) is 1. The Bertz CT molecular complexity index is 23.7. The summed E-state index contributed by atoms with van der Waals surface area (Å²) < 4.78 is 0. The molecule has 0 amide bonds. The van der Waals surface area contributed by atoms with Crippen LogP contribution < -0.4 is 0 Å². The van der Waals surface area contributed by atoms with E-state index in [4.69, 9.17) is 9.90 Å². The Kier molecular flexibility index (Phi) is 78.9. The van der Waals surface area contributed by atoms with Crippen LogP contribution in [0.3, 0.4) is 0 Å². The third kappa shape index (κ3) is 4250. The number of aliphatic hydroxyl groups excluding tert-OH is 1. The first kappa shape index (κ1) is 15.7. The molecule has 0 aliphatic heterocycles. The zero-order chi connectivity index (χ0) is 5.41. The van der Waals surface area contributed by atoms with Crippen LogP contribution in [0.5, 0.6) is 0 Å². The molecule has 0 aromatic heterocycles. The molecule has 3 heteroatoms. The maximum absolute atomic E-state index is 8.24. The molecule has 0 aliphatic rings. The molecule has 0 unspecified atom stereocenters. The second-order valence-electron chi connectivity index (χ2n) is 0.669. The second-order valence-corrected chi connectivity index (χ2v) is 0.669. The summed E-state index contributed by atoms with van der Waals surface area (Å²) in [5.74, 6) is 0. The first-order valence-electron chi connectivity index (χ1n) is 1.58. The number of hydrogen-bond donors (Lipinski definition) is 1. The van der Waals surface area contributed by atoms with Crippen molar-refractivity contribution in [2.45, 2.75) is 13.8 Å². The molecule has 0 aliphatic carbocycles. The summed E-state index contributed by atoms with van der Waals surface area (Å²) in [6, 6.07) is 0. The van der Waals surface area contributed by atoms with Gasteiger partial charge in [-0.2, -0.15) is 13.8 Å². The predicted octanol–water partition coefficient (Wildman–Crippen LogP) is 0.840. The van der Waals surface area contributed by atoms with Gasteiger partial charge in [0.25, 0.3) is 0 Å². The van der Waals surface area contributed by atoms with E-state index >= 15 is 0 Å². The predicted molar refractivity (Wildman–Crippen MR) is 24.0 cm³/mol. The summed E-state index contributed by atoms with van der Waals surface area (Å²) in [7, 11) is 0. The molecular formula is C4H8O2W. The molecule has 2 nitrogen and oxygen atoms in total. The topological polar surface area (TPSA) is 37.3 Å². The molecule has 7 heavy (non-hydrogen) atoms. The van der Waals surface area contributed by atoms with Crippen molar-refractivity contribution in [1.82, 2.24) is 0 Å². The maximum Gasteiger partial charge on any atom is 2.00 e. The minimum Gasteiger partial charge on any atom is -0.665 e. The van der Waals surface area contributed by atoms with Crippen LogP contribution in [0.15, 0.2) is 0 Å². The summed E-state index contributed by atoms with van der Waals surface area (Å²) in [5, 5.41) is 6.76. The Morgan fingerprint density at radius 2 is 1.57 bits per heavy atom. The summed E-state index contributed by atoms with van der Waals surface area (Å²) in [4.78, 5) is 8.24. The molecule has 0 spiro atoms. The fourth-order valence-corrected chi connectivity index (χ4v) is 0. The van der Waals surface area contributed by atoms with Gasteiger partial charge in [-0.1, -0.05) is 6.47 Å². The minimum absolute atomic E-state index is 0. The van der Waals surface area contributed by atoms with Crippen molar-refractivity contribution in [3.63, 3.8) is 0 Å². The van der Waals surface area contributed by atoms with Gasteiger partial charge in [-0.15, -0.1) is 0 Å². The Morgan fingerprint density at radius 1 is 1.57 bits per heavy atom. The quantitative estimate of drug-likeness (QED) is 0.663. The largest absolute Gasteiger partial charge is 2.00 e. The van der Waals surface area contributed by atoms with Crippen molar-refractivity contribution in [3.8, 4) is 0 Å². The summed E-state index contributed by atoms with van der Waals surface area (Å²) in [5.41, 5.74) is 0. The van der Waals surface area contributed by atoms with E-state index < -0.39 is 0 Å². The van der Waals surface area contributed by atoms with Crippen molar-refractivity contribution < 1.29 is 31.0 Å². The van der Waals surface area contributed by atoms with Gasteiger partial charge in [-0.25, -0.2) is 0 Å². The molecule has 0 radical (unpaired) electrons. The van der Waals surface area contributed by atoms with Crippen LogP contribution >= 0.6 is 0 Å². The molecule has 0 fully saturated rings. The third-order valence-electron chi connectivity index (χ3n) is 0. The van der Waals surface area contributed by atoms with E-state index in [0.29, 0.717) is 6.47 Å². The Morgan fingerprint density at radius 3 is 1.57 bits per heavy atom. The Hall–Kier alpha value is 0.158. The van der Waals surface area contributed by atoms with Gasteiger partial charge in [-0.3, -0.25) is 0 Å². The van der Waals surface area contributed by atoms with E-state index in [1.165, 1.54) is 0 Å². The standard InChI is InChI=1S/C3H7.CHO2.W/c1-3-2;2-1-3;/h3H,1-2H3;(H,2,3);/q2*-1;+2. The Balaban J connectivity index is -0.0000000400. The van der Waals surface area contributed by atoms with Gasteiger partial charge in [-0.05, 0) is 0 Å². The van der Waals surface area contributed by atoms with Crippen molar-refractivity contribution in [1.29, 1.82) is 0 Å². The molecule has 0 saturated heterocycles. The van der Waals surface area contributed by atoms with Crippen LogP contribution in [0, 0.1) is 6.42 Å². The van der Waals surface area contributed by atoms with Crippen molar-refractivity contribution >= 4 is 6.47 Å². The first-order valence-corrected chi connectivity index (χ1v) is 1.58. The summed E-state index contributed by atoms with van der Waals surface area (Å²) in [6.07, 6.45) is 2.00. The van der Waals surface area contributed by atoms with E-state index in [9.17, 15) is 0 Å². The first-order chi connectivity index (χ1) is 2.83. The van der Waals surface area contributed by atoms with Gasteiger partial charge < -0.3 is 16.3 Å². The third-order valence-corrected chi connectivity index (χ3v) is 0. The van der Waals surface area contributed by atoms with Crippen LogP contribution in [0.1, 0.15) is 13.8 Å². The molecule has 42 valence electrons. The maximum atomic E-state index is 8.24. The van der Waals surface area contributed by atoms with Gasteiger partial charge in [0.05, 0.1) is 0 Å². The van der Waals surface area contributed by atoms with E-state index in [0.717, 1.165) is 0 Å². The molecule has 1 N–H and O–H groups in total. The van der Waals surface area contributed by atoms with Gasteiger partial charge >= 0.3 is 21.1 Å². The average molecular weight is 272 g/mol.